The number of aliphatic hydroxyl groups excluding tert-OH is 2. The van der Waals surface area contributed by atoms with Crippen LogP contribution in [0.4, 0.5) is 8.78 Å². The van der Waals surface area contributed by atoms with Crippen molar-refractivity contribution in [3.8, 4) is 5.75 Å². The van der Waals surface area contributed by atoms with Gasteiger partial charge in [0.2, 0.25) is 0 Å². The number of methoxy groups -OCH3 is 1. The first-order valence-corrected chi connectivity index (χ1v) is 8.88. The molecule has 29 heavy (non-hydrogen) atoms. The van der Waals surface area contributed by atoms with E-state index in [0.717, 1.165) is 11.0 Å². The molecule has 2 aromatic rings. The van der Waals surface area contributed by atoms with Crippen molar-refractivity contribution in [1.82, 2.24) is 4.90 Å². The number of benzene rings is 2. The molecule has 6 nitrogen and oxygen atoms in total. The van der Waals surface area contributed by atoms with Crippen LogP contribution in [0.3, 0.4) is 0 Å². The van der Waals surface area contributed by atoms with Gasteiger partial charge in [-0.25, -0.2) is 8.78 Å². The maximum absolute atomic E-state index is 14.5. The highest BCUT2D eigenvalue weighted by atomic mass is 19.1. The molecular weight excluding hydrogens is 384 g/mol. The molecule has 0 saturated carbocycles. The lowest BCUT2D eigenvalue weighted by Gasteiger charge is -2.25. The number of amides is 1. The number of ether oxygens (including phenoxy) is 1. The summed E-state index contributed by atoms with van der Waals surface area (Å²) in [5.41, 5.74) is -0.382. The second-order valence-corrected chi connectivity index (χ2v) is 6.44. The van der Waals surface area contributed by atoms with E-state index in [-0.39, 0.29) is 42.0 Å². The summed E-state index contributed by atoms with van der Waals surface area (Å²) in [5.74, 6) is -4.05. The van der Waals surface area contributed by atoms with E-state index in [9.17, 15) is 23.5 Å². The van der Waals surface area contributed by atoms with E-state index in [0.29, 0.717) is 0 Å². The Morgan fingerprint density at radius 3 is 2.48 bits per heavy atom. The third-order valence-electron chi connectivity index (χ3n) is 4.72. The van der Waals surface area contributed by atoms with Crippen LogP contribution in [-0.4, -0.2) is 47.1 Å². The van der Waals surface area contributed by atoms with Crippen LogP contribution in [0.25, 0.3) is 5.76 Å². The van der Waals surface area contributed by atoms with Crippen molar-refractivity contribution in [2.24, 2.45) is 0 Å². The molecule has 1 saturated heterocycles. The van der Waals surface area contributed by atoms with Gasteiger partial charge >= 0.3 is 0 Å². The summed E-state index contributed by atoms with van der Waals surface area (Å²) >= 11 is 0. The zero-order valence-corrected chi connectivity index (χ0v) is 15.6. The molecule has 0 aromatic heterocycles. The van der Waals surface area contributed by atoms with Crippen molar-refractivity contribution in [3.05, 3.63) is 70.8 Å². The summed E-state index contributed by atoms with van der Waals surface area (Å²) in [4.78, 5) is 26.3. The Bertz CT molecular complexity index is 989. The normalized spacial score (nSPS) is 18.3. The van der Waals surface area contributed by atoms with Crippen LogP contribution in [-0.2, 0) is 9.59 Å². The highest BCUT2D eigenvalue weighted by Crippen LogP contribution is 2.40. The Balaban J connectivity index is 2.19. The van der Waals surface area contributed by atoms with Crippen molar-refractivity contribution in [2.75, 3.05) is 20.3 Å². The van der Waals surface area contributed by atoms with E-state index in [4.69, 9.17) is 9.84 Å². The largest absolute Gasteiger partial charge is 0.507 e. The minimum Gasteiger partial charge on any atom is -0.507 e. The Labute approximate surface area is 165 Å². The maximum atomic E-state index is 14.5. The fourth-order valence-corrected chi connectivity index (χ4v) is 3.34. The predicted octanol–water partition coefficient (Wildman–Crippen LogP) is 2.78. The number of hydrogen-bond donors (Lipinski definition) is 2. The van der Waals surface area contributed by atoms with Crippen LogP contribution in [0.15, 0.2) is 48.0 Å². The van der Waals surface area contributed by atoms with E-state index in [1.807, 2.05) is 0 Å². The fourth-order valence-electron chi connectivity index (χ4n) is 3.34. The Morgan fingerprint density at radius 2 is 1.86 bits per heavy atom. The summed E-state index contributed by atoms with van der Waals surface area (Å²) in [6.45, 7) is -0.259. The van der Waals surface area contributed by atoms with Crippen molar-refractivity contribution in [3.63, 3.8) is 0 Å². The van der Waals surface area contributed by atoms with Gasteiger partial charge in [-0.1, -0.05) is 18.2 Å². The number of likely N-dealkylation sites (tertiary alicyclic amines) is 1. The molecule has 2 N–H and O–H groups in total. The van der Waals surface area contributed by atoms with Gasteiger partial charge in [0.15, 0.2) is 11.6 Å². The zero-order valence-electron chi connectivity index (χ0n) is 15.6. The maximum Gasteiger partial charge on any atom is 0.295 e. The standard InChI is InChI=1S/C21H19F2NO5/c1-29-16-8-7-12(11-15(16)23)19(26)17-18(13-5-2-3-6-14(13)22)24(9-4-10-25)21(28)20(17)27/h2-3,5-8,11,18,25-26H,4,9-10H2,1H3/t18-/m0/s1. The van der Waals surface area contributed by atoms with E-state index in [1.165, 1.54) is 43.5 Å². The molecule has 1 fully saturated rings. The quantitative estimate of drug-likeness (QED) is 0.440. The number of hydrogen-bond acceptors (Lipinski definition) is 5. The molecule has 1 heterocycles. The minimum atomic E-state index is -1.20. The molecule has 0 bridgehead atoms. The van der Waals surface area contributed by atoms with Crippen LogP contribution < -0.4 is 4.74 Å². The number of nitrogens with zero attached hydrogens (tertiary/aromatic N) is 1. The van der Waals surface area contributed by atoms with Gasteiger partial charge in [0.1, 0.15) is 11.6 Å². The van der Waals surface area contributed by atoms with E-state index < -0.39 is 35.1 Å². The average Bonchev–Trinajstić information content (AvgIpc) is 2.96. The number of aliphatic hydroxyl groups is 2. The third kappa shape index (κ3) is 3.71. The first kappa shape index (κ1) is 20.5. The monoisotopic (exact) mass is 403 g/mol. The fraction of sp³-hybridized carbons (Fsp3) is 0.238. The number of halogens is 2. The molecule has 0 aliphatic carbocycles. The summed E-state index contributed by atoms with van der Waals surface area (Å²) in [6.07, 6.45) is 0.162. The smallest absolute Gasteiger partial charge is 0.295 e. The van der Waals surface area contributed by atoms with Gasteiger partial charge in [0.25, 0.3) is 11.7 Å². The number of carbonyl (C=O) groups is 2. The molecule has 0 unspecified atom stereocenters. The molecule has 0 radical (unpaired) electrons. The summed E-state index contributed by atoms with van der Waals surface area (Å²) in [6, 6.07) is 7.94. The molecule has 1 aliphatic rings. The highest BCUT2D eigenvalue weighted by molar-refractivity contribution is 6.46. The lowest BCUT2D eigenvalue weighted by molar-refractivity contribution is -0.140. The minimum absolute atomic E-state index is 0.0140. The second kappa shape index (κ2) is 8.40. The summed E-state index contributed by atoms with van der Waals surface area (Å²) in [5, 5.41) is 19.9. The molecule has 0 spiro atoms. The van der Waals surface area contributed by atoms with Crippen molar-refractivity contribution >= 4 is 17.4 Å². The molecule has 3 rings (SSSR count). The van der Waals surface area contributed by atoms with Crippen LogP contribution in [0, 0.1) is 11.6 Å². The first-order chi connectivity index (χ1) is 13.9. The Hall–Kier alpha value is -3.26. The Morgan fingerprint density at radius 1 is 1.14 bits per heavy atom. The van der Waals surface area contributed by atoms with Crippen LogP contribution >= 0.6 is 0 Å². The van der Waals surface area contributed by atoms with Gasteiger partial charge in [-0.3, -0.25) is 9.59 Å². The number of rotatable bonds is 6. The van der Waals surface area contributed by atoms with Crippen LogP contribution in [0.2, 0.25) is 0 Å². The molecule has 1 aliphatic heterocycles. The topological polar surface area (TPSA) is 87.1 Å². The second-order valence-electron chi connectivity index (χ2n) is 6.44. The zero-order chi connectivity index (χ0) is 21.1. The molecule has 1 atom stereocenters. The van der Waals surface area contributed by atoms with Crippen molar-refractivity contribution in [2.45, 2.75) is 12.5 Å². The van der Waals surface area contributed by atoms with Gasteiger partial charge < -0.3 is 19.8 Å². The number of Topliss-reactive ketones (excluding diaryl/α,β-unsaturated/α-hetero) is 1. The predicted molar refractivity (Wildman–Crippen MR) is 100 cm³/mol. The van der Waals surface area contributed by atoms with Gasteiger partial charge in [0, 0.05) is 24.3 Å². The molecule has 8 heteroatoms. The lowest BCUT2D eigenvalue weighted by Crippen LogP contribution is -2.31. The van der Waals surface area contributed by atoms with E-state index >= 15 is 0 Å². The lowest BCUT2D eigenvalue weighted by atomic mass is 9.95. The number of ketones is 1. The summed E-state index contributed by atoms with van der Waals surface area (Å²) in [7, 11) is 1.28. The number of carbonyl (C=O) groups excluding carboxylic acids is 2. The van der Waals surface area contributed by atoms with E-state index in [2.05, 4.69) is 0 Å². The van der Waals surface area contributed by atoms with Crippen LogP contribution in [0.1, 0.15) is 23.6 Å². The summed E-state index contributed by atoms with van der Waals surface area (Å²) < 4.78 is 33.4. The van der Waals surface area contributed by atoms with Gasteiger partial charge in [0.05, 0.1) is 18.7 Å². The third-order valence-corrected chi connectivity index (χ3v) is 4.72. The SMILES string of the molecule is COc1ccc(C(O)=C2C(=O)C(=O)N(CCCO)[C@H]2c2ccccc2F)cc1F. The average molecular weight is 403 g/mol. The highest BCUT2D eigenvalue weighted by Gasteiger charge is 2.46. The van der Waals surface area contributed by atoms with E-state index in [1.54, 1.807) is 0 Å². The van der Waals surface area contributed by atoms with Gasteiger partial charge in [-0.2, -0.15) is 0 Å². The van der Waals surface area contributed by atoms with Gasteiger partial charge in [-0.15, -0.1) is 0 Å². The molecule has 152 valence electrons. The van der Waals surface area contributed by atoms with Crippen molar-refractivity contribution in [1.29, 1.82) is 0 Å². The first-order valence-electron chi connectivity index (χ1n) is 8.88. The Kier molecular flexibility index (Phi) is 5.93. The van der Waals surface area contributed by atoms with Gasteiger partial charge in [-0.05, 0) is 30.7 Å². The van der Waals surface area contributed by atoms with Crippen molar-refractivity contribution < 1.29 is 33.3 Å². The van der Waals surface area contributed by atoms with Crippen LogP contribution in [0.5, 0.6) is 5.75 Å². The molecule has 1 amide bonds. The molecule has 2 aromatic carbocycles. The molecular formula is C21H19F2NO5.